The van der Waals surface area contributed by atoms with Crippen LogP contribution in [-0.2, 0) is 25.1 Å². The molecule has 0 saturated carbocycles. The molecule has 6 heteroatoms. The van der Waals surface area contributed by atoms with Gasteiger partial charge in [0.05, 0.1) is 13.2 Å². The number of hydrogen-bond donors (Lipinski definition) is 1. The van der Waals surface area contributed by atoms with Crippen molar-refractivity contribution < 1.29 is 5.11 Å². The van der Waals surface area contributed by atoms with E-state index >= 15 is 0 Å². The van der Waals surface area contributed by atoms with Crippen molar-refractivity contribution in [2.24, 2.45) is 0 Å². The van der Waals surface area contributed by atoms with Gasteiger partial charge in [-0.05, 0) is 17.7 Å². The standard InChI is InChI=1S/C15H21N5O/c1-15(2,3)12-6-11(9-21)7-13(17-12)19-4-5-20-10-16-18-14(20)8-19/h6-7,10,21H,4-5,8-9H2,1-3H3. The minimum absolute atomic E-state index is 0.0304. The quantitative estimate of drug-likeness (QED) is 0.906. The third-order valence-electron chi connectivity index (χ3n) is 3.79. The van der Waals surface area contributed by atoms with Gasteiger partial charge in [0.15, 0.2) is 5.82 Å². The van der Waals surface area contributed by atoms with Gasteiger partial charge in [0.1, 0.15) is 12.1 Å². The molecule has 2 aromatic rings. The maximum atomic E-state index is 9.50. The maximum absolute atomic E-state index is 9.50. The second-order valence-electron chi connectivity index (χ2n) is 6.49. The molecule has 112 valence electrons. The van der Waals surface area contributed by atoms with E-state index in [9.17, 15) is 5.11 Å². The Hall–Kier alpha value is -1.95. The van der Waals surface area contributed by atoms with Crippen LogP contribution < -0.4 is 4.90 Å². The number of pyridine rings is 1. The molecule has 0 bridgehead atoms. The van der Waals surface area contributed by atoms with Gasteiger partial charge in [-0.25, -0.2) is 4.98 Å². The van der Waals surface area contributed by atoms with Crippen molar-refractivity contribution in [2.45, 2.75) is 45.9 Å². The number of aromatic nitrogens is 4. The summed E-state index contributed by atoms with van der Waals surface area (Å²) in [7, 11) is 0. The fourth-order valence-corrected chi connectivity index (χ4v) is 2.47. The molecular formula is C15H21N5O. The lowest BCUT2D eigenvalue weighted by Crippen LogP contribution is -2.34. The third kappa shape index (κ3) is 2.76. The summed E-state index contributed by atoms with van der Waals surface area (Å²) < 4.78 is 2.07. The molecule has 0 aliphatic carbocycles. The van der Waals surface area contributed by atoms with Gasteiger partial charge in [-0.15, -0.1) is 10.2 Å². The Balaban J connectivity index is 1.95. The molecule has 0 aromatic carbocycles. The maximum Gasteiger partial charge on any atom is 0.152 e. The smallest absolute Gasteiger partial charge is 0.152 e. The molecule has 1 aliphatic rings. The lowest BCUT2D eigenvalue weighted by Gasteiger charge is -2.30. The normalized spacial score (nSPS) is 15.1. The van der Waals surface area contributed by atoms with Crippen LogP contribution in [0.2, 0.25) is 0 Å². The van der Waals surface area contributed by atoms with Crippen molar-refractivity contribution in [1.29, 1.82) is 0 Å². The van der Waals surface area contributed by atoms with Crippen LogP contribution in [-0.4, -0.2) is 31.4 Å². The molecule has 1 N–H and O–H groups in total. The van der Waals surface area contributed by atoms with E-state index < -0.39 is 0 Å². The number of anilines is 1. The first-order chi connectivity index (χ1) is 9.97. The number of aliphatic hydroxyl groups excluding tert-OH is 1. The molecule has 3 rings (SSSR count). The average Bonchev–Trinajstić information content (AvgIpc) is 2.93. The van der Waals surface area contributed by atoms with Gasteiger partial charge in [-0.2, -0.15) is 0 Å². The van der Waals surface area contributed by atoms with Gasteiger partial charge >= 0.3 is 0 Å². The van der Waals surface area contributed by atoms with E-state index in [2.05, 4.69) is 40.4 Å². The Morgan fingerprint density at radius 3 is 2.76 bits per heavy atom. The van der Waals surface area contributed by atoms with Crippen molar-refractivity contribution in [3.05, 3.63) is 35.5 Å². The zero-order valence-corrected chi connectivity index (χ0v) is 12.7. The summed E-state index contributed by atoms with van der Waals surface area (Å²) in [5.41, 5.74) is 1.85. The van der Waals surface area contributed by atoms with Crippen LogP contribution in [0.4, 0.5) is 5.82 Å². The molecule has 0 unspecified atom stereocenters. The average molecular weight is 287 g/mol. The minimum atomic E-state index is -0.0459. The van der Waals surface area contributed by atoms with Crippen molar-refractivity contribution in [3.8, 4) is 0 Å². The first-order valence-electron chi connectivity index (χ1n) is 7.21. The monoisotopic (exact) mass is 287 g/mol. The Morgan fingerprint density at radius 1 is 1.24 bits per heavy atom. The van der Waals surface area contributed by atoms with Crippen molar-refractivity contribution in [2.75, 3.05) is 11.4 Å². The molecule has 0 saturated heterocycles. The van der Waals surface area contributed by atoms with Crippen molar-refractivity contribution >= 4 is 5.82 Å². The van der Waals surface area contributed by atoms with Crippen LogP contribution in [0, 0.1) is 0 Å². The van der Waals surface area contributed by atoms with Crippen LogP contribution in [0.3, 0.4) is 0 Å². The van der Waals surface area contributed by atoms with Gasteiger partial charge in [0.2, 0.25) is 0 Å². The SMILES string of the molecule is CC(C)(C)c1cc(CO)cc(N2CCn3cnnc3C2)n1. The van der Waals surface area contributed by atoms with Crippen molar-refractivity contribution in [3.63, 3.8) is 0 Å². The Kier molecular flexibility index (Phi) is 3.41. The highest BCUT2D eigenvalue weighted by atomic mass is 16.3. The predicted octanol–water partition coefficient (Wildman–Crippen LogP) is 1.48. The van der Waals surface area contributed by atoms with Crippen molar-refractivity contribution in [1.82, 2.24) is 19.7 Å². The van der Waals surface area contributed by atoms with E-state index in [0.717, 1.165) is 36.0 Å². The number of hydrogen-bond acceptors (Lipinski definition) is 5. The predicted molar refractivity (Wildman–Crippen MR) is 79.9 cm³/mol. The molecule has 2 aromatic heterocycles. The van der Waals surface area contributed by atoms with Gasteiger partial charge < -0.3 is 14.6 Å². The van der Waals surface area contributed by atoms with E-state index in [1.165, 1.54) is 0 Å². The van der Waals surface area contributed by atoms with Gasteiger partial charge in [0.25, 0.3) is 0 Å². The summed E-state index contributed by atoms with van der Waals surface area (Å²) in [5.74, 6) is 1.86. The van der Waals surface area contributed by atoms with Crippen LogP contribution >= 0.6 is 0 Å². The summed E-state index contributed by atoms with van der Waals surface area (Å²) in [6.45, 7) is 8.86. The number of rotatable bonds is 2. The molecule has 6 nitrogen and oxygen atoms in total. The molecule has 0 fully saturated rings. The van der Waals surface area contributed by atoms with Gasteiger partial charge in [-0.3, -0.25) is 0 Å². The summed E-state index contributed by atoms with van der Waals surface area (Å²) in [4.78, 5) is 6.98. The third-order valence-corrected chi connectivity index (χ3v) is 3.79. The molecule has 0 spiro atoms. The van der Waals surface area contributed by atoms with Gasteiger partial charge in [-0.1, -0.05) is 20.8 Å². The van der Waals surface area contributed by atoms with Crippen LogP contribution in [0.5, 0.6) is 0 Å². The topological polar surface area (TPSA) is 67.1 Å². The van der Waals surface area contributed by atoms with E-state index in [-0.39, 0.29) is 12.0 Å². The lowest BCUT2D eigenvalue weighted by molar-refractivity contribution is 0.281. The summed E-state index contributed by atoms with van der Waals surface area (Å²) >= 11 is 0. The minimum Gasteiger partial charge on any atom is -0.392 e. The summed E-state index contributed by atoms with van der Waals surface area (Å²) in [6, 6.07) is 3.94. The Labute approximate surface area is 124 Å². The molecular weight excluding hydrogens is 266 g/mol. The van der Waals surface area contributed by atoms with Crippen LogP contribution in [0.15, 0.2) is 18.5 Å². The van der Waals surface area contributed by atoms with Crippen LogP contribution in [0.25, 0.3) is 0 Å². The second-order valence-corrected chi connectivity index (χ2v) is 6.49. The summed E-state index contributed by atoms with van der Waals surface area (Å²) in [5, 5.41) is 17.6. The Morgan fingerprint density at radius 2 is 2.05 bits per heavy atom. The second kappa shape index (κ2) is 5.11. The Bertz CT molecular complexity index is 644. The molecule has 0 atom stereocenters. The first-order valence-corrected chi connectivity index (χ1v) is 7.21. The van der Waals surface area contributed by atoms with Crippen LogP contribution in [0.1, 0.15) is 37.9 Å². The van der Waals surface area contributed by atoms with E-state index in [1.54, 1.807) is 6.33 Å². The van der Waals surface area contributed by atoms with E-state index in [4.69, 9.17) is 4.98 Å². The number of fused-ring (bicyclic) bond motifs is 1. The largest absolute Gasteiger partial charge is 0.392 e. The number of aliphatic hydroxyl groups is 1. The highest BCUT2D eigenvalue weighted by Crippen LogP contribution is 2.26. The molecule has 21 heavy (non-hydrogen) atoms. The molecule has 0 amide bonds. The molecule has 1 aliphatic heterocycles. The zero-order chi connectivity index (χ0) is 15.0. The fraction of sp³-hybridized carbons (Fsp3) is 0.533. The zero-order valence-electron chi connectivity index (χ0n) is 12.7. The van der Waals surface area contributed by atoms with Gasteiger partial charge in [0, 0.05) is 24.2 Å². The molecule has 0 radical (unpaired) electrons. The first kappa shape index (κ1) is 14.0. The molecule has 3 heterocycles. The fourth-order valence-electron chi connectivity index (χ4n) is 2.47. The summed E-state index contributed by atoms with van der Waals surface area (Å²) in [6.07, 6.45) is 1.77. The highest BCUT2D eigenvalue weighted by Gasteiger charge is 2.22. The van der Waals surface area contributed by atoms with E-state index in [0.29, 0.717) is 6.54 Å². The lowest BCUT2D eigenvalue weighted by atomic mass is 9.91. The number of nitrogens with zero attached hydrogens (tertiary/aromatic N) is 5. The highest BCUT2D eigenvalue weighted by molar-refractivity contribution is 5.44. The van der Waals surface area contributed by atoms with E-state index in [1.807, 2.05) is 12.1 Å².